The van der Waals surface area contributed by atoms with Crippen molar-refractivity contribution in [2.45, 2.75) is 6.92 Å². The fourth-order valence-electron chi connectivity index (χ4n) is 2.39. The van der Waals surface area contributed by atoms with E-state index in [4.69, 9.17) is 4.42 Å². The minimum atomic E-state index is -0.391. The van der Waals surface area contributed by atoms with Crippen LogP contribution in [-0.2, 0) is 4.74 Å². The third-order valence-corrected chi connectivity index (χ3v) is 3.89. The molecule has 0 radical (unpaired) electrons. The molecule has 1 amide bonds. The fourth-order valence-corrected chi connectivity index (χ4v) is 2.39. The second-order valence-electron chi connectivity index (χ2n) is 5.84. The summed E-state index contributed by atoms with van der Waals surface area (Å²) in [4.78, 5) is 23.5. The van der Waals surface area contributed by atoms with Gasteiger partial charge in [-0.25, -0.2) is 10.2 Å². The molecule has 0 aliphatic carbocycles. The van der Waals surface area contributed by atoms with E-state index in [9.17, 15) is 9.59 Å². The van der Waals surface area contributed by atoms with Gasteiger partial charge in [0.15, 0.2) is 0 Å². The summed E-state index contributed by atoms with van der Waals surface area (Å²) in [6, 6.07) is 17.6. The summed E-state index contributed by atoms with van der Waals surface area (Å²) in [5.74, 6) is 0.429. The Bertz CT molecular complexity index is 970. The van der Waals surface area contributed by atoms with Gasteiger partial charge in [0.05, 0.1) is 18.9 Å². The summed E-state index contributed by atoms with van der Waals surface area (Å²) in [5, 5.41) is 3.92. The molecule has 0 saturated carbocycles. The van der Waals surface area contributed by atoms with Crippen LogP contribution in [0.3, 0.4) is 0 Å². The van der Waals surface area contributed by atoms with Crippen molar-refractivity contribution < 1.29 is 18.7 Å². The number of carbonyl (C=O) groups excluding carboxylic acids is 2. The zero-order valence-corrected chi connectivity index (χ0v) is 14.9. The van der Waals surface area contributed by atoms with Crippen LogP contribution < -0.4 is 5.43 Å². The van der Waals surface area contributed by atoms with Crippen LogP contribution in [0.5, 0.6) is 0 Å². The molecule has 0 spiro atoms. The molecule has 0 aliphatic heterocycles. The third-order valence-electron chi connectivity index (χ3n) is 3.89. The lowest BCUT2D eigenvalue weighted by Gasteiger charge is -2.01. The van der Waals surface area contributed by atoms with Crippen molar-refractivity contribution in [3.05, 3.63) is 83.1 Å². The van der Waals surface area contributed by atoms with Gasteiger partial charge in [-0.2, -0.15) is 5.10 Å². The Balaban J connectivity index is 1.63. The van der Waals surface area contributed by atoms with Gasteiger partial charge in [0.1, 0.15) is 11.5 Å². The molecule has 0 atom stereocenters. The standard InChI is InChI=1S/C21H18N2O4/c1-14-3-5-16(6-4-14)20(24)23-22-13-18-11-12-19(27-18)15-7-9-17(10-8-15)21(25)26-2/h3-13H,1-2H3,(H,23,24)/b22-13+. The van der Waals surface area contributed by atoms with E-state index in [2.05, 4.69) is 15.3 Å². The molecular formula is C21H18N2O4. The number of hydrazone groups is 1. The largest absolute Gasteiger partial charge is 0.465 e. The molecule has 3 aromatic rings. The predicted octanol–water partition coefficient (Wildman–Crippen LogP) is 3.81. The first-order valence-corrected chi connectivity index (χ1v) is 8.25. The van der Waals surface area contributed by atoms with E-state index in [0.717, 1.165) is 11.1 Å². The second kappa shape index (κ2) is 8.14. The first-order chi connectivity index (χ1) is 13.1. The Morgan fingerprint density at radius 3 is 2.30 bits per heavy atom. The molecule has 27 heavy (non-hydrogen) atoms. The zero-order valence-electron chi connectivity index (χ0n) is 14.9. The Hall–Kier alpha value is -3.67. The number of rotatable bonds is 5. The van der Waals surface area contributed by atoms with Gasteiger partial charge in [-0.3, -0.25) is 4.79 Å². The monoisotopic (exact) mass is 362 g/mol. The lowest BCUT2D eigenvalue weighted by atomic mass is 10.1. The summed E-state index contributed by atoms with van der Waals surface area (Å²) in [7, 11) is 1.34. The molecule has 6 heteroatoms. The Kier molecular flexibility index (Phi) is 5.47. The highest BCUT2D eigenvalue weighted by Gasteiger charge is 2.08. The maximum absolute atomic E-state index is 12.0. The minimum Gasteiger partial charge on any atom is -0.465 e. The Morgan fingerprint density at radius 2 is 1.63 bits per heavy atom. The van der Waals surface area contributed by atoms with Crippen LogP contribution in [0.15, 0.2) is 70.2 Å². The van der Waals surface area contributed by atoms with Gasteiger partial charge in [-0.05, 0) is 43.3 Å². The van der Waals surface area contributed by atoms with Crippen LogP contribution >= 0.6 is 0 Å². The van der Waals surface area contributed by atoms with Crippen LogP contribution in [-0.4, -0.2) is 25.2 Å². The molecule has 1 heterocycles. The lowest BCUT2D eigenvalue weighted by molar-refractivity contribution is 0.0600. The second-order valence-corrected chi connectivity index (χ2v) is 5.84. The summed E-state index contributed by atoms with van der Waals surface area (Å²) in [5.41, 5.74) is 5.35. The van der Waals surface area contributed by atoms with Gasteiger partial charge >= 0.3 is 5.97 Å². The molecule has 0 fully saturated rings. The number of hydrogen-bond acceptors (Lipinski definition) is 5. The molecule has 6 nitrogen and oxygen atoms in total. The van der Waals surface area contributed by atoms with Crippen molar-refractivity contribution in [1.82, 2.24) is 5.43 Å². The minimum absolute atomic E-state index is 0.295. The number of nitrogens with zero attached hydrogens (tertiary/aromatic N) is 1. The van der Waals surface area contributed by atoms with E-state index in [1.54, 1.807) is 48.5 Å². The van der Waals surface area contributed by atoms with Crippen molar-refractivity contribution in [3.63, 3.8) is 0 Å². The number of nitrogens with one attached hydrogen (secondary N) is 1. The van der Waals surface area contributed by atoms with Crippen LogP contribution in [0.2, 0.25) is 0 Å². The van der Waals surface area contributed by atoms with Gasteiger partial charge in [-0.1, -0.05) is 29.8 Å². The van der Waals surface area contributed by atoms with E-state index in [1.807, 2.05) is 19.1 Å². The number of esters is 1. The van der Waals surface area contributed by atoms with E-state index in [-0.39, 0.29) is 5.91 Å². The van der Waals surface area contributed by atoms with Crippen LogP contribution in [0, 0.1) is 6.92 Å². The quantitative estimate of drug-likeness (QED) is 0.425. The molecular weight excluding hydrogens is 344 g/mol. The summed E-state index contributed by atoms with van der Waals surface area (Å²) < 4.78 is 10.4. The van der Waals surface area contributed by atoms with Crippen molar-refractivity contribution in [2.75, 3.05) is 7.11 Å². The number of amides is 1. The van der Waals surface area contributed by atoms with Crippen molar-refractivity contribution >= 4 is 18.1 Å². The summed E-state index contributed by atoms with van der Waals surface area (Å²) >= 11 is 0. The molecule has 2 aromatic carbocycles. The number of furan rings is 1. The zero-order chi connectivity index (χ0) is 19.2. The van der Waals surface area contributed by atoms with Gasteiger partial charge in [0, 0.05) is 11.1 Å². The fraction of sp³-hybridized carbons (Fsp3) is 0.0952. The van der Waals surface area contributed by atoms with Crippen molar-refractivity contribution in [3.8, 4) is 11.3 Å². The molecule has 0 bridgehead atoms. The molecule has 1 aromatic heterocycles. The van der Waals surface area contributed by atoms with Gasteiger partial charge in [0.25, 0.3) is 5.91 Å². The number of hydrogen-bond donors (Lipinski definition) is 1. The molecule has 0 aliphatic rings. The third kappa shape index (κ3) is 4.49. The maximum atomic E-state index is 12.0. The van der Waals surface area contributed by atoms with Crippen LogP contribution in [0.1, 0.15) is 32.0 Å². The van der Waals surface area contributed by atoms with Crippen LogP contribution in [0.4, 0.5) is 0 Å². The average Bonchev–Trinajstić information content (AvgIpc) is 3.17. The molecule has 136 valence electrons. The number of methoxy groups -OCH3 is 1. The van der Waals surface area contributed by atoms with Crippen molar-refractivity contribution in [2.24, 2.45) is 5.10 Å². The lowest BCUT2D eigenvalue weighted by Crippen LogP contribution is -2.17. The Morgan fingerprint density at radius 1 is 0.963 bits per heavy atom. The van der Waals surface area contributed by atoms with E-state index in [0.29, 0.717) is 22.6 Å². The highest BCUT2D eigenvalue weighted by Crippen LogP contribution is 2.22. The normalized spacial score (nSPS) is 10.7. The molecule has 3 rings (SSSR count). The topological polar surface area (TPSA) is 80.9 Å². The Labute approximate surface area is 156 Å². The van der Waals surface area contributed by atoms with Gasteiger partial charge in [0.2, 0.25) is 0 Å². The molecule has 0 saturated heterocycles. The first-order valence-electron chi connectivity index (χ1n) is 8.25. The maximum Gasteiger partial charge on any atom is 0.337 e. The summed E-state index contributed by atoms with van der Waals surface area (Å²) in [6.45, 7) is 1.96. The van der Waals surface area contributed by atoms with Crippen molar-refractivity contribution in [1.29, 1.82) is 0 Å². The SMILES string of the molecule is COC(=O)c1ccc(-c2ccc(/C=N/NC(=O)c3ccc(C)cc3)o2)cc1. The number of carbonyl (C=O) groups is 2. The number of ether oxygens (including phenoxy) is 1. The van der Waals surface area contributed by atoms with Gasteiger partial charge < -0.3 is 9.15 Å². The molecule has 1 N–H and O–H groups in total. The highest BCUT2D eigenvalue weighted by atomic mass is 16.5. The number of benzene rings is 2. The van der Waals surface area contributed by atoms with Gasteiger partial charge in [-0.15, -0.1) is 0 Å². The number of aryl methyl sites for hydroxylation is 1. The van der Waals surface area contributed by atoms with E-state index < -0.39 is 5.97 Å². The smallest absolute Gasteiger partial charge is 0.337 e. The first kappa shape index (κ1) is 18.1. The van der Waals surface area contributed by atoms with E-state index >= 15 is 0 Å². The van der Waals surface area contributed by atoms with Crippen LogP contribution in [0.25, 0.3) is 11.3 Å². The predicted molar refractivity (Wildman–Crippen MR) is 102 cm³/mol. The average molecular weight is 362 g/mol. The highest BCUT2D eigenvalue weighted by molar-refractivity contribution is 5.94. The molecule has 0 unspecified atom stereocenters. The summed E-state index contributed by atoms with van der Waals surface area (Å²) in [6.07, 6.45) is 1.43. The van der Waals surface area contributed by atoms with E-state index in [1.165, 1.54) is 13.3 Å².